The highest BCUT2D eigenvalue weighted by Gasteiger charge is 2.23. The van der Waals surface area contributed by atoms with Crippen LogP contribution in [0.4, 0.5) is 5.69 Å². The minimum Gasteiger partial charge on any atom is -0.479 e. The van der Waals surface area contributed by atoms with Gasteiger partial charge in [0, 0.05) is 6.04 Å². The van der Waals surface area contributed by atoms with Gasteiger partial charge >= 0.3 is 0 Å². The lowest BCUT2D eigenvalue weighted by atomic mass is 10.0. The maximum Gasteiger partial charge on any atom is 0.265 e. The Labute approximate surface area is 101 Å². The molecule has 1 heterocycles. The Morgan fingerprint density at radius 2 is 2.29 bits per heavy atom. The first-order valence-corrected chi connectivity index (χ1v) is 5.96. The Morgan fingerprint density at radius 3 is 3.00 bits per heavy atom. The van der Waals surface area contributed by atoms with Crippen LogP contribution < -0.4 is 15.8 Å². The molecule has 0 saturated carbocycles. The molecule has 1 amide bonds. The van der Waals surface area contributed by atoms with E-state index in [-0.39, 0.29) is 11.9 Å². The molecule has 1 aromatic carbocycles. The molecule has 92 valence electrons. The third-order valence-electron chi connectivity index (χ3n) is 3.00. The SMILES string of the molecule is CCC(N)Cc1ccc2c(c1)NC(=O)C(C)O2. The number of rotatable bonds is 3. The van der Waals surface area contributed by atoms with Gasteiger partial charge in [0.2, 0.25) is 0 Å². The van der Waals surface area contributed by atoms with Gasteiger partial charge in [-0.05, 0) is 37.5 Å². The van der Waals surface area contributed by atoms with Crippen molar-refractivity contribution in [2.75, 3.05) is 5.32 Å². The summed E-state index contributed by atoms with van der Waals surface area (Å²) in [5, 5.41) is 2.84. The van der Waals surface area contributed by atoms with Crippen LogP contribution in [-0.4, -0.2) is 18.1 Å². The summed E-state index contributed by atoms with van der Waals surface area (Å²) < 4.78 is 5.49. The quantitative estimate of drug-likeness (QED) is 0.836. The van der Waals surface area contributed by atoms with E-state index in [2.05, 4.69) is 12.2 Å². The summed E-state index contributed by atoms with van der Waals surface area (Å²) in [6, 6.07) is 5.99. The number of hydrogen-bond acceptors (Lipinski definition) is 3. The predicted molar refractivity (Wildman–Crippen MR) is 67.1 cm³/mol. The molecule has 1 aliphatic heterocycles. The first-order valence-electron chi connectivity index (χ1n) is 5.96. The van der Waals surface area contributed by atoms with E-state index >= 15 is 0 Å². The van der Waals surface area contributed by atoms with Crippen LogP contribution in [-0.2, 0) is 11.2 Å². The third kappa shape index (κ3) is 2.58. The van der Waals surface area contributed by atoms with E-state index in [0.717, 1.165) is 29.8 Å². The number of nitrogens with one attached hydrogen (secondary N) is 1. The molecule has 0 aromatic heterocycles. The Morgan fingerprint density at radius 1 is 1.53 bits per heavy atom. The summed E-state index contributed by atoms with van der Waals surface area (Å²) in [5.41, 5.74) is 7.78. The van der Waals surface area contributed by atoms with Gasteiger partial charge in [-0.3, -0.25) is 4.79 Å². The van der Waals surface area contributed by atoms with E-state index in [1.54, 1.807) is 6.92 Å². The van der Waals surface area contributed by atoms with Gasteiger partial charge in [0.25, 0.3) is 5.91 Å². The Hall–Kier alpha value is -1.55. The summed E-state index contributed by atoms with van der Waals surface area (Å²) in [6.45, 7) is 3.80. The van der Waals surface area contributed by atoms with E-state index in [9.17, 15) is 4.79 Å². The van der Waals surface area contributed by atoms with Crippen molar-refractivity contribution in [2.45, 2.75) is 38.8 Å². The van der Waals surface area contributed by atoms with E-state index < -0.39 is 6.10 Å². The maximum absolute atomic E-state index is 11.5. The molecule has 4 heteroatoms. The number of amides is 1. The number of carbonyl (C=O) groups excluding carboxylic acids is 1. The van der Waals surface area contributed by atoms with Crippen molar-refractivity contribution >= 4 is 11.6 Å². The fraction of sp³-hybridized carbons (Fsp3) is 0.462. The van der Waals surface area contributed by atoms with Gasteiger partial charge in [-0.25, -0.2) is 0 Å². The van der Waals surface area contributed by atoms with Gasteiger partial charge in [-0.2, -0.15) is 0 Å². The molecule has 0 bridgehead atoms. The van der Waals surface area contributed by atoms with E-state index in [1.807, 2.05) is 18.2 Å². The number of carbonyl (C=O) groups is 1. The smallest absolute Gasteiger partial charge is 0.265 e. The minimum atomic E-state index is -0.425. The molecule has 2 unspecified atom stereocenters. The van der Waals surface area contributed by atoms with Crippen LogP contribution in [0.5, 0.6) is 5.75 Å². The van der Waals surface area contributed by atoms with Crippen LogP contribution in [0, 0.1) is 0 Å². The highest BCUT2D eigenvalue weighted by Crippen LogP contribution is 2.30. The average Bonchev–Trinajstić information content (AvgIpc) is 2.31. The number of benzene rings is 1. The number of anilines is 1. The molecule has 0 fully saturated rings. The fourth-order valence-corrected chi connectivity index (χ4v) is 1.83. The van der Waals surface area contributed by atoms with Gasteiger partial charge in [0.15, 0.2) is 6.10 Å². The lowest BCUT2D eigenvalue weighted by molar-refractivity contribution is -0.122. The second-order valence-electron chi connectivity index (χ2n) is 4.45. The van der Waals surface area contributed by atoms with Crippen LogP contribution in [0.2, 0.25) is 0 Å². The molecule has 0 saturated heterocycles. The Kier molecular flexibility index (Phi) is 3.33. The molecular formula is C13H18N2O2. The zero-order valence-electron chi connectivity index (χ0n) is 10.2. The Bertz CT molecular complexity index is 431. The van der Waals surface area contributed by atoms with Crippen molar-refractivity contribution in [3.05, 3.63) is 23.8 Å². The second-order valence-corrected chi connectivity index (χ2v) is 4.45. The van der Waals surface area contributed by atoms with Gasteiger partial charge in [-0.1, -0.05) is 13.0 Å². The summed E-state index contributed by atoms with van der Waals surface area (Å²) in [6.07, 6.45) is 1.33. The van der Waals surface area contributed by atoms with Gasteiger partial charge in [0.05, 0.1) is 5.69 Å². The van der Waals surface area contributed by atoms with Crippen molar-refractivity contribution in [1.82, 2.24) is 0 Å². The summed E-state index contributed by atoms with van der Waals surface area (Å²) in [4.78, 5) is 11.5. The molecule has 0 radical (unpaired) electrons. The summed E-state index contributed by atoms with van der Waals surface area (Å²) >= 11 is 0. The first kappa shape index (κ1) is 11.9. The van der Waals surface area contributed by atoms with Crippen LogP contribution in [0.3, 0.4) is 0 Å². The molecule has 1 aromatic rings. The van der Waals surface area contributed by atoms with Gasteiger partial charge < -0.3 is 15.8 Å². The third-order valence-corrected chi connectivity index (χ3v) is 3.00. The second kappa shape index (κ2) is 4.75. The van der Waals surface area contributed by atoms with Gasteiger partial charge in [0.1, 0.15) is 5.75 Å². The van der Waals surface area contributed by atoms with Crippen LogP contribution in [0.1, 0.15) is 25.8 Å². The number of ether oxygens (including phenoxy) is 1. The molecule has 3 N–H and O–H groups in total. The summed E-state index contributed by atoms with van der Waals surface area (Å²) in [5.74, 6) is 0.625. The lowest BCUT2D eigenvalue weighted by Gasteiger charge is -2.24. The van der Waals surface area contributed by atoms with Crippen molar-refractivity contribution < 1.29 is 9.53 Å². The predicted octanol–water partition coefficient (Wildman–Crippen LogP) is 1.69. The van der Waals surface area contributed by atoms with Crippen molar-refractivity contribution in [3.8, 4) is 5.75 Å². The molecule has 4 nitrogen and oxygen atoms in total. The first-order chi connectivity index (χ1) is 8.10. The zero-order valence-corrected chi connectivity index (χ0v) is 10.2. The van der Waals surface area contributed by atoms with Gasteiger partial charge in [-0.15, -0.1) is 0 Å². The molecule has 1 aliphatic rings. The minimum absolute atomic E-state index is 0.102. The highest BCUT2D eigenvalue weighted by molar-refractivity contribution is 5.97. The molecular weight excluding hydrogens is 216 g/mol. The largest absolute Gasteiger partial charge is 0.479 e. The van der Waals surface area contributed by atoms with E-state index in [0.29, 0.717) is 0 Å². The maximum atomic E-state index is 11.5. The number of fused-ring (bicyclic) bond motifs is 1. The standard InChI is InChI=1S/C13H18N2O2/c1-3-10(14)6-9-4-5-12-11(7-9)15-13(16)8(2)17-12/h4-5,7-8,10H,3,6,14H2,1-2H3,(H,15,16). The number of hydrogen-bond donors (Lipinski definition) is 2. The topological polar surface area (TPSA) is 64.3 Å². The van der Waals surface area contributed by atoms with Crippen LogP contribution in [0.15, 0.2) is 18.2 Å². The van der Waals surface area contributed by atoms with Crippen LogP contribution >= 0.6 is 0 Å². The zero-order chi connectivity index (χ0) is 12.4. The van der Waals surface area contributed by atoms with Crippen molar-refractivity contribution in [2.24, 2.45) is 5.73 Å². The normalized spacial score (nSPS) is 20.2. The van der Waals surface area contributed by atoms with Crippen molar-refractivity contribution in [3.63, 3.8) is 0 Å². The molecule has 0 spiro atoms. The van der Waals surface area contributed by atoms with Crippen LogP contribution in [0.25, 0.3) is 0 Å². The molecule has 17 heavy (non-hydrogen) atoms. The Balaban J connectivity index is 2.19. The number of nitrogens with two attached hydrogens (primary N) is 1. The van der Waals surface area contributed by atoms with Crippen molar-refractivity contribution in [1.29, 1.82) is 0 Å². The fourth-order valence-electron chi connectivity index (χ4n) is 1.83. The summed E-state index contributed by atoms with van der Waals surface area (Å²) in [7, 11) is 0. The van der Waals surface area contributed by atoms with E-state index in [4.69, 9.17) is 10.5 Å². The molecule has 2 atom stereocenters. The highest BCUT2D eigenvalue weighted by atomic mass is 16.5. The lowest BCUT2D eigenvalue weighted by Crippen LogP contribution is -2.34. The molecule has 2 rings (SSSR count). The average molecular weight is 234 g/mol. The van der Waals surface area contributed by atoms with E-state index in [1.165, 1.54) is 0 Å². The molecule has 0 aliphatic carbocycles. The monoisotopic (exact) mass is 234 g/mol.